The van der Waals surface area contributed by atoms with E-state index in [1.165, 1.54) is 10.6 Å². The third kappa shape index (κ3) is 3.01. The number of hydrogen-bond donors (Lipinski definition) is 0. The summed E-state index contributed by atoms with van der Waals surface area (Å²) in [6.07, 6.45) is -3.33. The maximum Gasteiger partial charge on any atom is 0.459 e. The summed E-state index contributed by atoms with van der Waals surface area (Å²) in [5.74, 6) is -5.28. The van der Waals surface area contributed by atoms with Crippen LogP contribution in [0.25, 0.3) is 33.8 Å². The molecular weight excluding hydrogens is 409 g/mol. The van der Waals surface area contributed by atoms with Gasteiger partial charge in [0.1, 0.15) is 22.7 Å². The van der Waals surface area contributed by atoms with Gasteiger partial charge in [-0.25, -0.2) is 9.97 Å². The Hall–Kier alpha value is -3.37. The lowest BCUT2D eigenvalue weighted by atomic mass is 9.93. The van der Waals surface area contributed by atoms with E-state index in [1.54, 1.807) is 26.0 Å². The van der Waals surface area contributed by atoms with E-state index >= 15 is 0 Å². The van der Waals surface area contributed by atoms with Crippen LogP contribution in [0.5, 0.6) is 0 Å². The average molecular weight is 423 g/mol. The molecule has 156 valence electrons. The molecule has 0 saturated heterocycles. The van der Waals surface area contributed by atoms with Crippen molar-refractivity contribution in [3.8, 4) is 11.6 Å². The lowest BCUT2D eigenvalue weighted by molar-refractivity contribution is -0.290. The van der Waals surface area contributed by atoms with Gasteiger partial charge in [-0.05, 0) is 35.3 Å². The second kappa shape index (κ2) is 6.57. The standard InChI is InChI=1S/C19H14F5N5O/c1-9(2)10(3)12-6-14(18(20,21)19(22,23)24)27-16-11(12)4-5-15-26-13(7-29(15)16)17-28-25-8-30-17/h4-9H,3H2,1-2H3. The van der Waals surface area contributed by atoms with E-state index in [2.05, 4.69) is 26.7 Å². The molecule has 0 atom stereocenters. The minimum atomic E-state index is -5.80. The van der Waals surface area contributed by atoms with Gasteiger partial charge in [0.15, 0.2) is 0 Å². The van der Waals surface area contributed by atoms with Crippen molar-refractivity contribution in [1.29, 1.82) is 0 Å². The summed E-state index contributed by atoms with van der Waals surface area (Å²) in [4.78, 5) is 7.93. The van der Waals surface area contributed by atoms with Crippen LogP contribution >= 0.6 is 0 Å². The first-order chi connectivity index (χ1) is 14.0. The number of imidazole rings is 1. The van der Waals surface area contributed by atoms with Crippen LogP contribution in [0.3, 0.4) is 0 Å². The second-order valence-electron chi connectivity index (χ2n) is 6.98. The molecule has 0 spiro atoms. The highest BCUT2D eigenvalue weighted by Gasteiger charge is 2.60. The van der Waals surface area contributed by atoms with E-state index in [9.17, 15) is 22.0 Å². The smallest absolute Gasteiger partial charge is 0.422 e. The van der Waals surface area contributed by atoms with E-state index in [0.717, 1.165) is 12.5 Å². The van der Waals surface area contributed by atoms with Gasteiger partial charge in [-0.15, -0.1) is 10.2 Å². The van der Waals surface area contributed by atoms with E-state index in [4.69, 9.17) is 4.42 Å². The molecule has 0 bridgehead atoms. The first kappa shape index (κ1) is 19.9. The van der Waals surface area contributed by atoms with Crippen molar-refractivity contribution in [2.75, 3.05) is 0 Å². The third-order valence-electron chi connectivity index (χ3n) is 4.70. The summed E-state index contributed by atoms with van der Waals surface area (Å²) < 4.78 is 73.9. The number of allylic oxidation sites excluding steroid dienone is 1. The fourth-order valence-electron chi connectivity index (χ4n) is 3.00. The van der Waals surface area contributed by atoms with E-state index in [-0.39, 0.29) is 34.4 Å². The molecule has 4 aromatic heterocycles. The Morgan fingerprint density at radius 3 is 2.47 bits per heavy atom. The number of aromatic nitrogens is 5. The Labute approximate surface area is 166 Å². The monoisotopic (exact) mass is 423 g/mol. The van der Waals surface area contributed by atoms with Gasteiger partial charge in [-0.3, -0.25) is 4.40 Å². The van der Waals surface area contributed by atoms with Crippen LogP contribution in [0.2, 0.25) is 0 Å². The van der Waals surface area contributed by atoms with Crippen LogP contribution in [-0.2, 0) is 5.92 Å². The van der Waals surface area contributed by atoms with Gasteiger partial charge in [0.25, 0.3) is 5.89 Å². The average Bonchev–Trinajstić information content (AvgIpc) is 3.34. The molecule has 0 aliphatic rings. The highest BCUT2D eigenvalue weighted by atomic mass is 19.4. The molecule has 0 fully saturated rings. The summed E-state index contributed by atoms with van der Waals surface area (Å²) >= 11 is 0. The maximum atomic E-state index is 14.2. The molecule has 11 heteroatoms. The normalized spacial score (nSPS) is 12.9. The maximum absolute atomic E-state index is 14.2. The Morgan fingerprint density at radius 2 is 1.87 bits per heavy atom. The summed E-state index contributed by atoms with van der Waals surface area (Å²) in [5.41, 5.74) is -0.498. The van der Waals surface area contributed by atoms with Crippen molar-refractivity contribution < 1.29 is 26.4 Å². The topological polar surface area (TPSA) is 69.1 Å². The Kier molecular flexibility index (Phi) is 4.37. The van der Waals surface area contributed by atoms with Crippen LogP contribution in [0.15, 0.2) is 41.8 Å². The van der Waals surface area contributed by atoms with Crippen molar-refractivity contribution in [3.05, 3.63) is 48.6 Å². The zero-order chi connectivity index (χ0) is 21.8. The van der Waals surface area contributed by atoms with Crippen molar-refractivity contribution in [3.63, 3.8) is 0 Å². The number of alkyl halides is 5. The summed E-state index contributed by atoms with van der Waals surface area (Å²) in [6.45, 7) is 7.40. The molecule has 0 aliphatic carbocycles. The highest BCUT2D eigenvalue weighted by molar-refractivity contribution is 5.91. The first-order valence-corrected chi connectivity index (χ1v) is 8.74. The number of halogens is 5. The van der Waals surface area contributed by atoms with E-state index in [0.29, 0.717) is 11.0 Å². The van der Waals surface area contributed by atoms with Gasteiger partial charge in [0.05, 0.1) is 0 Å². The molecule has 0 amide bonds. The Morgan fingerprint density at radius 1 is 1.13 bits per heavy atom. The molecule has 4 rings (SSSR count). The van der Waals surface area contributed by atoms with Crippen molar-refractivity contribution >= 4 is 22.3 Å². The van der Waals surface area contributed by atoms with Crippen molar-refractivity contribution in [2.45, 2.75) is 25.9 Å². The Bertz CT molecular complexity index is 1260. The predicted octanol–water partition coefficient (Wildman–Crippen LogP) is 5.26. The zero-order valence-electron chi connectivity index (χ0n) is 15.7. The minimum Gasteiger partial charge on any atom is -0.422 e. The van der Waals surface area contributed by atoms with E-state index in [1.807, 2.05) is 0 Å². The summed E-state index contributed by atoms with van der Waals surface area (Å²) in [5, 5.41) is 7.63. The van der Waals surface area contributed by atoms with Crippen LogP contribution in [0.4, 0.5) is 22.0 Å². The molecule has 6 nitrogen and oxygen atoms in total. The second-order valence-corrected chi connectivity index (χ2v) is 6.98. The molecule has 0 saturated carbocycles. The quantitative estimate of drug-likeness (QED) is 0.419. The number of fused-ring (bicyclic) bond motifs is 3. The number of pyridine rings is 2. The minimum absolute atomic E-state index is 0.0652. The summed E-state index contributed by atoms with van der Waals surface area (Å²) in [6, 6.07) is 3.89. The highest BCUT2D eigenvalue weighted by Crippen LogP contribution is 2.44. The van der Waals surface area contributed by atoms with E-state index < -0.39 is 17.8 Å². The predicted molar refractivity (Wildman–Crippen MR) is 97.6 cm³/mol. The molecule has 4 heterocycles. The van der Waals surface area contributed by atoms with Gasteiger partial charge >= 0.3 is 12.1 Å². The lowest BCUT2D eigenvalue weighted by Crippen LogP contribution is -2.34. The van der Waals surface area contributed by atoms with Crippen LogP contribution in [0.1, 0.15) is 25.1 Å². The summed E-state index contributed by atoms with van der Waals surface area (Å²) in [7, 11) is 0. The Balaban J connectivity index is 2.07. The third-order valence-corrected chi connectivity index (χ3v) is 4.70. The van der Waals surface area contributed by atoms with Gasteiger partial charge in [0, 0.05) is 11.6 Å². The number of rotatable bonds is 4. The van der Waals surface area contributed by atoms with Gasteiger partial charge in [-0.1, -0.05) is 20.4 Å². The van der Waals surface area contributed by atoms with Crippen molar-refractivity contribution in [2.24, 2.45) is 5.92 Å². The largest absolute Gasteiger partial charge is 0.459 e. The van der Waals surface area contributed by atoms with Gasteiger partial charge in [-0.2, -0.15) is 22.0 Å². The van der Waals surface area contributed by atoms with Gasteiger partial charge in [0.2, 0.25) is 6.39 Å². The molecule has 0 unspecified atom stereocenters. The molecule has 4 aromatic rings. The van der Waals surface area contributed by atoms with Crippen LogP contribution in [-0.4, -0.2) is 30.7 Å². The molecular formula is C19H14F5N5O. The molecule has 0 radical (unpaired) electrons. The van der Waals surface area contributed by atoms with Crippen LogP contribution in [0, 0.1) is 5.92 Å². The molecule has 30 heavy (non-hydrogen) atoms. The van der Waals surface area contributed by atoms with Crippen molar-refractivity contribution in [1.82, 2.24) is 24.6 Å². The SMILES string of the molecule is C=C(c1cc(C(F)(F)C(F)(F)F)nc2c1ccc1nc(-c3nnco3)cn12)C(C)C. The first-order valence-electron chi connectivity index (χ1n) is 8.74. The lowest BCUT2D eigenvalue weighted by Gasteiger charge is -2.21. The number of nitrogens with zero attached hydrogens (tertiary/aromatic N) is 5. The molecule has 0 N–H and O–H groups in total. The van der Waals surface area contributed by atoms with Gasteiger partial charge < -0.3 is 4.42 Å². The fraction of sp³-hybridized carbons (Fsp3) is 0.263. The molecule has 0 aromatic carbocycles. The number of hydrogen-bond acceptors (Lipinski definition) is 5. The molecule has 0 aliphatic heterocycles. The van der Waals surface area contributed by atoms with Crippen LogP contribution < -0.4 is 0 Å². The fourth-order valence-corrected chi connectivity index (χ4v) is 3.00. The zero-order valence-corrected chi connectivity index (χ0v) is 15.7.